The molecule has 1 fully saturated rings. The van der Waals surface area contributed by atoms with Gasteiger partial charge in [0.05, 0.1) is 0 Å². The van der Waals surface area contributed by atoms with Crippen LogP contribution in [0.25, 0.3) is 0 Å². The molecule has 0 spiro atoms. The Labute approximate surface area is 115 Å². The Hall–Kier alpha value is -1.07. The van der Waals surface area contributed by atoms with Crippen LogP contribution in [-0.2, 0) is 4.74 Å². The molecule has 2 aliphatic rings. The first-order valence-corrected chi connectivity index (χ1v) is 7.04. The van der Waals surface area contributed by atoms with Crippen LogP contribution in [0, 0.1) is 0 Å². The van der Waals surface area contributed by atoms with E-state index in [9.17, 15) is 4.79 Å². The molecule has 0 aromatic rings. The minimum Gasteiger partial charge on any atom is -0.444 e. The molecule has 0 atom stereocenters. The average molecular weight is 267 g/mol. The Kier molecular flexibility index (Phi) is 4.47. The van der Waals surface area contributed by atoms with Gasteiger partial charge in [0.1, 0.15) is 5.60 Å². The van der Waals surface area contributed by atoms with E-state index in [4.69, 9.17) is 4.74 Å². The van der Waals surface area contributed by atoms with E-state index in [-0.39, 0.29) is 6.09 Å². The highest BCUT2D eigenvalue weighted by molar-refractivity contribution is 5.68. The predicted octanol–water partition coefficient (Wildman–Crippen LogP) is 1.11. The number of carbonyl (C=O) groups is 1. The molecular formula is C14H25N3O2. The third-order valence-electron chi connectivity index (χ3n) is 3.35. The van der Waals surface area contributed by atoms with Gasteiger partial charge in [-0.2, -0.15) is 0 Å². The van der Waals surface area contributed by atoms with Crippen LogP contribution < -0.4 is 10.6 Å². The lowest BCUT2D eigenvalue weighted by Gasteiger charge is -2.31. The second-order valence-electron chi connectivity index (χ2n) is 6.27. The van der Waals surface area contributed by atoms with Crippen molar-refractivity contribution < 1.29 is 9.53 Å². The zero-order chi connectivity index (χ0) is 13.9. The van der Waals surface area contributed by atoms with Crippen molar-refractivity contribution in [2.75, 3.05) is 32.7 Å². The van der Waals surface area contributed by atoms with Crippen LogP contribution in [0.3, 0.4) is 0 Å². The summed E-state index contributed by atoms with van der Waals surface area (Å²) >= 11 is 0. The van der Waals surface area contributed by atoms with Gasteiger partial charge in [-0.1, -0.05) is 11.6 Å². The van der Waals surface area contributed by atoms with Crippen molar-refractivity contribution in [1.29, 1.82) is 0 Å². The van der Waals surface area contributed by atoms with Gasteiger partial charge in [0.2, 0.25) is 0 Å². The van der Waals surface area contributed by atoms with E-state index in [1.54, 1.807) is 4.90 Å². The van der Waals surface area contributed by atoms with Crippen LogP contribution in [0.15, 0.2) is 11.6 Å². The molecule has 0 unspecified atom stereocenters. The van der Waals surface area contributed by atoms with E-state index >= 15 is 0 Å². The number of hydrogen-bond acceptors (Lipinski definition) is 4. The number of hydrogen-bond donors (Lipinski definition) is 2. The van der Waals surface area contributed by atoms with Crippen molar-refractivity contribution in [1.82, 2.24) is 15.5 Å². The topological polar surface area (TPSA) is 53.6 Å². The molecule has 2 heterocycles. The van der Waals surface area contributed by atoms with Crippen LogP contribution in [-0.4, -0.2) is 55.4 Å². The van der Waals surface area contributed by atoms with Gasteiger partial charge in [-0.3, -0.25) is 0 Å². The molecule has 5 nitrogen and oxygen atoms in total. The fraction of sp³-hybridized carbons (Fsp3) is 0.786. The maximum Gasteiger partial charge on any atom is 0.410 e. The molecular weight excluding hydrogens is 242 g/mol. The SMILES string of the molecule is CC(C)(C)OC(=O)N1CC=C(CNC2CNC2)CC1. The minimum absolute atomic E-state index is 0.209. The molecule has 1 saturated heterocycles. The van der Waals surface area contributed by atoms with Crippen LogP contribution in [0.2, 0.25) is 0 Å². The van der Waals surface area contributed by atoms with E-state index in [1.807, 2.05) is 20.8 Å². The quantitative estimate of drug-likeness (QED) is 0.752. The summed E-state index contributed by atoms with van der Waals surface area (Å²) in [4.78, 5) is 13.7. The lowest BCUT2D eigenvalue weighted by molar-refractivity contribution is 0.0265. The predicted molar refractivity (Wildman–Crippen MR) is 75.2 cm³/mol. The second-order valence-corrected chi connectivity index (χ2v) is 6.27. The normalized spacial score (nSPS) is 20.8. The second kappa shape index (κ2) is 5.92. The summed E-state index contributed by atoms with van der Waals surface area (Å²) in [6, 6.07) is 0.616. The van der Waals surface area contributed by atoms with Gasteiger partial charge in [0.15, 0.2) is 0 Å². The summed E-state index contributed by atoms with van der Waals surface area (Å²) < 4.78 is 5.37. The van der Waals surface area contributed by atoms with Gasteiger partial charge in [-0.25, -0.2) is 4.79 Å². The zero-order valence-electron chi connectivity index (χ0n) is 12.2. The molecule has 0 aromatic carbocycles. The molecule has 108 valence electrons. The van der Waals surface area contributed by atoms with E-state index < -0.39 is 5.60 Å². The molecule has 19 heavy (non-hydrogen) atoms. The molecule has 1 amide bonds. The number of ether oxygens (including phenoxy) is 1. The monoisotopic (exact) mass is 267 g/mol. The molecule has 0 bridgehead atoms. The number of carbonyl (C=O) groups excluding carboxylic acids is 1. The summed E-state index contributed by atoms with van der Waals surface area (Å²) in [7, 11) is 0. The highest BCUT2D eigenvalue weighted by Crippen LogP contribution is 2.15. The van der Waals surface area contributed by atoms with Crippen molar-refractivity contribution in [3.63, 3.8) is 0 Å². The minimum atomic E-state index is -0.417. The Bertz CT molecular complexity index is 356. The smallest absolute Gasteiger partial charge is 0.410 e. The number of rotatable bonds is 3. The van der Waals surface area contributed by atoms with Gasteiger partial charge >= 0.3 is 6.09 Å². The van der Waals surface area contributed by atoms with Crippen molar-refractivity contribution in [2.24, 2.45) is 0 Å². The zero-order valence-corrected chi connectivity index (χ0v) is 12.2. The standard InChI is InChI=1S/C14H25N3O2/c1-14(2,3)19-13(18)17-6-4-11(5-7-17)8-16-12-9-15-10-12/h4,12,15-16H,5-10H2,1-3H3. The summed E-state index contributed by atoms with van der Waals surface area (Å²) in [6.45, 7) is 10.2. The Morgan fingerprint density at radius 3 is 2.74 bits per heavy atom. The molecule has 0 aromatic heterocycles. The van der Waals surface area contributed by atoms with E-state index in [0.717, 1.165) is 32.6 Å². The summed E-state index contributed by atoms with van der Waals surface area (Å²) in [6.07, 6.45) is 2.87. The maximum absolute atomic E-state index is 11.9. The summed E-state index contributed by atoms with van der Waals surface area (Å²) in [5.74, 6) is 0. The van der Waals surface area contributed by atoms with Crippen LogP contribution in [0.5, 0.6) is 0 Å². The lowest BCUT2D eigenvalue weighted by atomic mass is 10.1. The molecule has 0 aliphatic carbocycles. The Morgan fingerprint density at radius 1 is 1.53 bits per heavy atom. The van der Waals surface area contributed by atoms with Crippen molar-refractivity contribution in [3.8, 4) is 0 Å². The largest absolute Gasteiger partial charge is 0.444 e. The fourth-order valence-electron chi connectivity index (χ4n) is 2.07. The third-order valence-corrected chi connectivity index (χ3v) is 3.35. The molecule has 5 heteroatoms. The van der Waals surface area contributed by atoms with Crippen molar-refractivity contribution in [3.05, 3.63) is 11.6 Å². The molecule has 2 aliphatic heterocycles. The van der Waals surface area contributed by atoms with Crippen LogP contribution in [0.1, 0.15) is 27.2 Å². The fourth-order valence-corrected chi connectivity index (χ4v) is 2.07. The first-order chi connectivity index (χ1) is 8.94. The third kappa shape index (κ3) is 4.51. The lowest BCUT2D eigenvalue weighted by Crippen LogP contribution is -2.55. The number of amides is 1. The van der Waals surface area contributed by atoms with Crippen molar-refractivity contribution >= 4 is 6.09 Å². The first kappa shape index (κ1) is 14.3. The first-order valence-electron chi connectivity index (χ1n) is 7.04. The van der Waals surface area contributed by atoms with E-state index in [0.29, 0.717) is 12.6 Å². The molecule has 2 rings (SSSR count). The van der Waals surface area contributed by atoms with E-state index in [1.165, 1.54) is 5.57 Å². The van der Waals surface area contributed by atoms with Gasteiger partial charge in [0.25, 0.3) is 0 Å². The van der Waals surface area contributed by atoms with Crippen molar-refractivity contribution in [2.45, 2.75) is 38.8 Å². The molecule has 0 saturated carbocycles. The van der Waals surface area contributed by atoms with Gasteiger partial charge in [-0.05, 0) is 27.2 Å². The number of nitrogens with zero attached hydrogens (tertiary/aromatic N) is 1. The highest BCUT2D eigenvalue weighted by Gasteiger charge is 2.24. The average Bonchev–Trinajstić information content (AvgIpc) is 2.25. The summed E-state index contributed by atoms with van der Waals surface area (Å²) in [5.41, 5.74) is 0.978. The van der Waals surface area contributed by atoms with Gasteiger partial charge < -0.3 is 20.3 Å². The van der Waals surface area contributed by atoms with Gasteiger partial charge in [-0.15, -0.1) is 0 Å². The Balaban J connectivity index is 1.73. The molecule has 2 N–H and O–H groups in total. The summed E-state index contributed by atoms with van der Waals surface area (Å²) in [5, 5.41) is 6.75. The Morgan fingerprint density at radius 2 is 2.26 bits per heavy atom. The maximum atomic E-state index is 11.9. The van der Waals surface area contributed by atoms with Crippen LogP contribution >= 0.6 is 0 Å². The van der Waals surface area contributed by atoms with E-state index in [2.05, 4.69) is 16.7 Å². The van der Waals surface area contributed by atoms with Gasteiger partial charge in [0, 0.05) is 38.8 Å². The molecule has 0 radical (unpaired) electrons. The van der Waals surface area contributed by atoms with Crippen LogP contribution in [0.4, 0.5) is 4.79 Å². The highest BCUT2D eigenvalue weighted by atomic mass is 16.6. The number of nitrogens with one attached hydrogen (secondary N) is 2.